The van der Waals surface area contributed by atoms with E-state index in [1.165, 1.54) is 27.4 Å². The van der Waals surface area contributed by atoms with E-state index >= 15 is 0 Å². The summed E-state index contributed by atoms with van der Waals surface area (Å²) in [4.78, 5) is 38.8. The van der Waals surface area contributed by atoms with Gasteiger partial charge in [0, 0.05) is 11.6 Å². The van der Waals surface area contributed by atoms with Gasteiger partial charge in [0.25, 0.3) is 11.8 Å². The van der Waals surface area contributed by atoms with Crippen molar-refractivity contribution in [2.24, 2.45) is 0 Å². The number of carbonyl (C=O) groups excluding carboxylic acids is 3. The lowest BCUT2D eigenvalue weighted by Crippen LogP contribution is -2.54. The first-order chi connectivity index (χ1) is 14.9. The smallest absolute Gasteiger partial charge is 0.335 e. The van der Waals surface area contributed by atoms with Crippen LogP contribution in [0.15, 0.2) is 42.0 Å². The van der Waals surface area contributed by atoms with E-state index in [1.54, 1.807) is 36.4 Å². The molecule has 1 heterocycles. The Balaban J connectivity index is 2.03. The fourth-order valence-electron chi connectivity index (χ4n) is 3.07. The number of amides is 4. The number of barbiturate groups is 1. The van der Waals surface area contributed by atoms with Crippen molar-refractivity contribution in [3.05, 3.63) is 47.5 Å². The summed E-state index contributed by atoms with van der Waals surface area (Å²) in [6.07, 6.45) is 1.34. The number of nitrogens with zero attached hydrogens (tertiary/aromatic N) is 1. The maximum atomic E-state index is 13.1. The summed E-state index contributed by atoms with van der Waals surface area (Å²) in [6, 6.07) is 8.71. The number of carbonyl (C=O) groups is 3. The van der Waals surface area contributed by atoms with Crippen LogP contribution >= 0.6 is 0 Å². The minimum absolute atomic E-state index is 0.237. The minimum atomic E-state index is -0.837. The van der Waals surface area contributed by atoms with Crippen LogP contribution in [-0.4, -0.2) is 45.8 Å². The molecule has 4 amide bonds. The van der Waals surface area contributed by atoms with E-state index in [4.69, 9.17) is 18.9 Å². The second-order valence-corrected chi connectivity index (χ2v) is 6.33. The van der Waals surface area contributed by atoms with Gasteiger partial charge in [0.05, 0.1) is 33.6 Å². The summed E-state index contributed by atoms with van der Waals surface area (Å²) in [5, 5.41) is 2.19. The topological polar surface area (TPSA) is 103 Å². The standard InChI is InChI=1S/C22H22N2O7/c1-5-31-15-8-6-14(7-9-15)24-21(26)16(20(25)23-22(24)27)10-13-11-18(29-3)19(30-4)12-17(13)28-2/h6-12H,5H2,1-4H3,(H,23,25,27)/b16-10+. The second-order valence-electron chi connectivity index (χ2n) is 6.33. The predicted octanol–water partition coefficient (Wildman–Crippen LogP) is 2.78. The van der Waals surface area contributed by atoms with Crippen LogP contribution in [0.5, 0.6) is 23.0 Å². The van der Waals surface area contributed by atoms with E-state index in [0.717, 1.165) is 4.90 Å². The number of urea groups is 1. The predicted molar refractivity (Wildman–Crippen MR) is 113 cm³/mol. The minimum Gasteiger partial charge on any atom is -0.496 e. The molecule has 0 aliphatic carbocycles. The van der Waals surface area contributed by atoms with Gasteiger partial charge in [0.15, 0.2) is 11.5 Å². The van der Waals surface area contributed by atoms with Crippen molar-refractivity contribution in [1.29, 1.82) is 0 Å². The Hall–Kier alpha value is -4.01. The zero-order chi connectivity index (χ0) is 22.5. The lowest BCUT2D eigenvalue weighted by Gasteiger charge is -2.26. The van der Waals surface area contributed by atoms with Crippen molar-refractivity contribution >= 4 is 29.6 Å². The highest BCUT2D eigenvalue weighted by molar-refractivity contribution is 6.39. The highest BCUT2D eigenvalue weighted by Gasteiger charge is 2.37. The van der Waals surface area contributed by atoms with Gasteiger partial charge in [-0.05, 0) is 43.3 Å². The van der Waals surface area contributed by atoms with Crippen LogP contribution in [0.25, 0.3) is 6.08 Å². The molecule has 1 saturated heterocycles. The molecule has 1 aliphatic heterocycles. The fourth-order valence-corrected chi connectivity index (χ4v) is 3.07. The Morgan fingerprint density at radius 2 is 1.52 bits per heavy atom. The molecule has 0 radical (unpaired) electrons. The second kappa shape index (κ2) is 9.21. The van der Waals surface area contributed by atoms with Crippen LogP contribution in [0, 0.1) is 0 Å². The number of benzene rings is 2. The van der Waals surface area contributed by atoms with Crippen LogP contribution in [0.3, 0.4) is 0 Å². The van der Waals surface area contributed by atoms with Gasteiger partial charge in [0.2, 0.25) is 0 Å². The molecule has 0 unspecified atom stereocenters. The quantitative estimate of drug-likeness (QED) is 0.536. The van der Waals surface area contributed by atoms with Gasteiger partial charge in [0.1, 0.15) is 17.1 Å². The van der Waals surface area contributed by atoms with Crippen molar-refractivity contribution < 1.29 is 33.3 Å². The van der Waals surface area contributed by atoms with Crippen molar-refractivity contribution in [1.82, 2.24) is 5.32 Å². The Labute approximate surface area is 179 Å². The van der Waals surface area contributed by atoms with E-state index in [9.17, 15) is 14.4 Å². The highest BCUT2D eigenvalue weighted by Crippen LogP contribution is 2.36. The number of ether oxygens (including phenoxy) is 4. The zero-order valence-electron chi connectivity index (χ0n) is 17.6. The third kappa shape index (κ3) is 4.30. The van der Waals surface area contributed by atoms with Crippen LogP contribution < -0.4 is 29.2 Å². The monoisotopic (exact) mass is 426 g/mol. The summed E-state index contributed by atoms with van der Waals surface area (Å²) in [6.45, 7) is 2.33. The molecule has 3 rings (SSSR count). The Morgan fingerprint density at radius 1 is 0.903 bits per heavy atom. The first kappa shape index (κ1) is 21.7. The number of anilines is 1. The molecule has 0 atom stereocenters. The van der Waals surface area contributed by atoms with Gasteiger partial charge >= 0.3 is 6.03 Å². The van der Waals surface area contributed by atoms with Crippen LogP contribution in [0.4, 0.5) is 10.5 Å². The number of nitrogens with one attached hydrogen (secondary N) is 1. The van der Waals surface area contributed by atoms with Gasteiger partial charge in [-0.1, -0.05) is 0 Å². The number of methoxy groups -OCH3 is 3. The fraction of sp³-hybridized carbons (Fsp3) is 0.227. The van der Waals surface area contributed by atoms with Gasteiger partial charge in [-0.2, -0.15) is 0 Å². The summed E-state index contributed by atoms with van der Waals surface area (Å²) in [5.74, 6) is 0.183. The van der Waals surface area contributed by atoms with Crippen molar-refractivity contribution in [3.63, 3.8) is 0 Å². The molecule has 0 aromatic heterocycles. The van der Waals surface area contributed by atoms with Gasteiger partial charge in [-0.3, -0.25) is 14.9 Å². The first-order valence-electron chi connectivity index (χ1n) is 9.37. The third-order valence-corrected chi connectivity index (χ3v) is 4.54. The number of hydrogen-bond donors (Lipinski definition) is 1. The number of imide groups is 2. The van der Waals surface area contributed by atoms with Crippen molar-refractivity contribution in [2.45, 2.75) is 6.92 Å². The van der Waals surface area contributed by atoms with E-state index in [-0.39, 0.29) is 5.57 Å². The average molecular weight is 426 g/mol. The van der Waals surface area contributed by atoms with E-state index < -0.39 is 17.8 Å². The van der Waals surface area contributed by atoms with Crippen LogP contribution in [0.2, 0.25) is 0 Å². The van der Waals surface area contributed by atoms with E-state index in [1.807, 2.05) is 6.92 Å². The van der Waals surface area contributed by atoms with Gasteiger partial charge in [-0.15, -0.1) is 0 Å². The molecule has 162 valence electrons. The molecule has 0 bridgehead atoms. The van der Waals surface area contributed by atoms with Crippen LogP contribution in [0.1, 0.15) is 12.5 Å². The molecule has 9 heteroatoms. The maximum Gasteiger partial charge on any atom is 0.335 e. The SMILES string of the molecule is CCOc1ccc(N2C(=O)NC(=O)/C(=C\c3cc(OC)c(OC)cc3OC)C2=O)cc1. The maximum absolute atomic E-state index is 13.1. The van der Waals surface area contributed by atoms with Crippen molar-refractivity contribution in [3.8, 4) is 23.0 Å². The highest BCUT2D eigenvalue weighted by atomic mass is 16.5. The molecule has 0 spiro atoms. The summed E-state index contributed by atoms with van der Waals surface area (Å²) >= 11 is 0. The zero-order valence-corrected chi connectivity index (χ0v) is 17.6. The Kier molecular flexibility index (Phi) is 6.44. The molecule has 2 aromatic rings. The molecule has 9 nitrogen and oxygen atoms in total. The lowest BCUT2D eigenvalue weighted by atomic mass is 10.1. The Bertz CT molecular complexity index is 1040. The molecular formula is C22H22N2O7. The summed E-state index contributed by atoms with van der Waals surface area (Å²) in [5.41, 5.74) is 0.460. The van der Waals surface area contributed by atoms with E-state index in [2.05, 4.69) is 5.32 Å². The molecule has 1 N–H and O–H groups in total. The number of rotatable bonds is 7. The third-order valence-electron chi connectivity index (χ3n) is 4.54. The molecule has 0 saturated carbocycles. The first-order valence-corrected chi connectivity index (χ1v) is 9.37. The molecule has 31 heavy (non-hydrogen) atoms. The largest absolute Gasteiger partial charge is 0.496 e. The summed E-state index contributed by atoms with van der Waals surface area (Å²) < 4.78 is 21.3. The Morgan fingerprint density at radius 3 is 2.10 bits per heavy atom. The molecule has 2 aromatic carbocycles. The number of hydrogen-bond acceptors (Lipinski definition) is 7. The molecule has 1 fully saturated rings. The lowest BCUT2D eigenvalue weighted by molar-refractivity contribution is -0.122. The summed E-state index contributed by atoms with van der Waals surface area (Å²) in [7, 11) is 4.39. The van der Waals surface area contributed by atoms with E-state index in [0.29, 0.717) is 40.9 Å². The van der Waals surface area contributed by atoms with Crippen molar-refractivity contribution in [2.75, 3.05) is 32.8 Å². The normalized spacial score (nSPS) is 15.0. The molecule has 1 aliphatic rings. The van der Waals surface area contributed by atoms with Gasteiger partial charge in [-0.25, -0.2) is 9.69 Å². The average Bonchev–Trinajstić information content (AvgIpc) is 2.77. The molecular weight excluding hydrogens is 404 g/mol. The van der Waals surface area contributed by atoms with Crippen LogP contribution in [-0.2, 0) is 9.59 Å². The van der Waals surface area contributed by atoms with Gasteiger partial charge < -0.3 is 18.9 Å².